The molecule has 1 aliphatic carbocycles. The molecular weight excluding hydrogens is 366 g/mol. The Labute approximate surface area is 156 Å². The number of amides is 2. The summed E-state index contributed by atoms with van der Waals surface area (Å²) in [6, 6.07) is 1.18. The van der Waals surface area contributed by atoms with Gasteiger partial charge in [0.15, 0.2) is 0 Å². The van der Waals surface area contributed by atoms with E-state index in [1.807, 2.05) is 0 Å². The van der Waals surface area contributed by atoms with Gasteiger partial charge in [-0.05, 0) is 37.1 Å². The van der Waals surface area contributed by atoms with Crippen LogP contribution in [0.1, 0.15) is 36.0 Å². The molecule has 2 fully saturated rings. The highest BCUT2D eigenvalue weighted by atomic mass is 35.5. The second kappa shape index (κ2) is 8.16. The number of halogens is 1. The first kappa shape index (κ1) is 19.7. The van der Waals surface area contributed by atoms with Gasteiger partial charge < -0.3 is 20.7 Å². The lowest BCUT2D eigenvalue weighted by molar-refractivity contribution is -0.129. The monoisotopic (exact) mass is 387 g/mol. The quantitative estimate of drug-likeness (QED) is 0.758. The van der Waals surface area contributed by atoms with Crippen LogP contribution in [0, 0.1) is 5.92 Å². The van der Waals surface area contributed by atoms with E-state index in [1.54, 1.807) is 16.3 Å². The van der Waals surface area contributed by atoms with E-state index >= 15 is 0 Å². The molecule has 138 valence electrons. The maximum Gasteiger partial charge on any atom is 0.340 e. The average Bonchev–Trinajstić information content (AvgIpc) is 3.28. The number of esters is 1. The summed E-state index contributed by atoms with van der Waals surface area (Å²) in [5, 5.41) is 5.17. The summed E-state index contributed by atoms with van der Waals surface area (Å²) < 4.78 is 4.75. The highest BCUT2D eigenvalue weighted by molar-refractivity contribution is 7.14. The molecule has 1 aromatic rings. The summed E-state index contributed by atoms with van der Waals surface area (Å²) in [6.45, 7) is 0.471. The van der Waals surface area contributed by atoms with Crippen molar-refractivity contribution in [1.29, 1.82) is 0 Å². The topological polar surface area (TPSA) is 102 Å². The Bertz CT molecular complexity index is 666. The minimum atomic E-state index is -0.540. The summed E-state index contributed by atoms with van der Waals surface area (Å²) in [5.74, 6) is -0.846. The van der Waals surface area contributed by atoms with Gasteiger partial charge in [-0.25, -0.2) is 4.79 Å². The molecule has 1 aliphatic heterocycles. The van der Waals surface area contributed by atoms with E-state index in [0.29, 0.717) is 30.0 Å². The fourth-order valence-corrected chi connectivity index (χ4v) is 4.26. The number of thiophene rings is 1. The van der Waals surface area contributed by atoms with E-state index in [1.165, 1.54) is 18.4 Å². The van der Waals surface area contributed by atoms with E-state index in [0.717, 1.165) is 12.8 Å². The van der Waals surface area contributed by atoms with Crippen molar-refractivity contribution in [2.24, 2.45) is 11.7 Å². The Hall–Kier alpha value is -1.64. The Morgan fingerprint density at radius 3 is 2.76 bits per heavy atom. The first-order valence-corrected chi connectivity index (χ1v) is 8.92. The lowest BCUT2D eigenvalue weighted by Gasteiger charge is -2.18. The van der Waals surface area contributed by atoms with Crippen LogP contribution in [-0.2, 0) is 14.3 Å². The molecule has 7 nitrogen and oxygen atoms in total. The van der Waals surface area contributed by atoms with Crippen LogP contribution in [0.3, 0.4) is 0 Å². The number of nitrogens with two attached hydrogens (primary N) is 1. The Kier molecular flexibility index (Phi) is 6.42. The van der Waals surface area contributed by atoms with Crippen molar-refractivity contribution in [1.82, 2.24) is 5.32 Å². The van der Waals surface area contributed by atoms with E-state index in [2.05, 4.69) is 5.32 Å². The number of hydrogen-bond donors (Lipinski definition) is 2. The zero-order valence-corrected chi connectivity index (χ0v) is 15.5. The highest BCUT2D eigenvalue weighted by Gasteiger charge is 2.38. The molecule has 1 saturated heterocycles. The number of nitrogens with one attached hydrogen (secondary N) is 1. The molecule has 25 heavy (non-hydrogen) atoms. The van der Waals surface area contributed by atoms with Crippen LogP contribution in [0.4, 0.5) is 5.00 Å². The number of carbonyl (C=O) groups excluding carboxylic acids is 3. The molecule has 3 N–H and O–H groups in total. The summed E-state index contributed by atoms with van der Waals surface area (Å²) in [7, 11) is 1.31. The lowest BCUT2D eigenvalue weighted by atomic mass is 10.1. The largest absolute Gasteiger partial charge is 0.465 e. The maximum absolute atomic E-state index is 12.6. The van der Waals surface area contributed by atoms with Crippen LogP contribution >= 0.6 is 23.7 Å². The average molecular weight is 388 g/mol. The van der Waals surface area contributed by atoms with E-state index < -0.39 is 12.0 Å². The van der Waals surface area contributed by atoms with Crippen molar-refractivity contribution >= 4 is 46.5 Å². The van der Waals surface area contributed by atoms with Gasteiger partial charge >= 0.3 is 5.97 Å². The van der Waals surface area contributed by atoms with Gasteiger partial charge in [-0.2, -0.15) is 0 Å². The normalized spacial score (nSPS) is 25.6. The van der Waals surface area contributed by atoms with Crippen molar-refractivity contribution in [3.8, 4) is 0 Å². The van der Waals surface area contributed by atoms with Gasteiger partial charge in [0.2, 0.25) is 11.8 Å². The van der Waals surface area contributed by atoms with Crippen LogP contribution < -0.4 is 16.0 Å². The van der Waals surface area contributed by atoms with Gasteiger partial charge in [-0.1, -0.05) is 0 Å². The molecule has 1 aromatic heterocycles. The van der Waals surface area contributed by atoms with Crippen molar-refractivity contribution < 1.29 is 19.1 Å². The van der Waals surface area contributed by atoms with Gasteiger partial charge in [0, 0.05) is 18.5 Å². The number of rotatable bonds is 4. The maximum atomic E-state index is 12.6. The smallest absolute Gasteiger partial charge is 0.340 e. The van der Waals surface area contributed by atoms with Gasteiger partial charge in [0.05, 0.1) is 12.7 Å². The standard InChI is InChI=1S/C16H21N3O4S.ClH/c1-23-16(22)11-5-7-24-15(11)19-6-4-12(14(19)21)18-13(20)9-2-3-10(17)8-9;/h5,7,9-10,12H,2-4,6,8,17H2,1H3,(H,18,20);1H. The molecule has 2 heterocycles. The van der Waals surface area contributed by atoms with Crippen LogP contribution in [0.5, 0.6) is 0 Å². The Morgan fingerprint density at radius 1 is 1.36 bits per heavy atom. The molecule has 3 atom stereocenters. The number of methoxy groups -OCH3 is 1. The predicted octanol–water partition coefficient (Wildman–Crippen LogP) is 1.31. The Morgan fingerprint density at radius 2 is 2.12 bits per heavy atom. The number of nitrogens with zero attached hydrogens (tertiary/aromatic N) is 1. The van der Waals surface area contributed by atoms with Crippen LogP contribution in [0.2, 0.25) is 0 Å². The fraction of sp³-hybridized carbons (Fsp3) is 0.562. The molecule has 3 unspecified atom stereocenters. The third kappa shape index (κ3) is 3.96. The molecule has 0 aromatic carbocycles. The highest BCUT2D eigenvalue weighted by Crippen LogP contribution is 2.32. The third-order valence-electron chi connectivity index (χ3n) is 4.66. The SMILES string of the molecule is COC(=O)c1ccsc1N1CCC(NC(=O)C2CCC(N)C2)C1=O.Cl. The number of carbonyl (C=O) groups is 3. The number of anilines is 1. The molecule has 2 amide bonds. The fourth-order valence-electron chi connectivity index (χ4n) is 3.34. The Balaban J connectivity index is 0.00000225. The molecule has 0 spiro atoms. The lowest BCUT2D eigenvalue weighted by Crippen LogP contribution is -2.43. The van der Waals surface area contributed by atoms with E-state index in [4.69, 9.17) is 10.5 Å². The van der Waals surface area contributed by atoms with Gasteiger partial charge in [0.1, 0.15) is 11.0 Å². The van der Waals surface area contributed by atoms with Crippen molar-refractivity contribution in [3.63, 3.8) is 0 Å². The molecule has 2 aliphatic rings. The van der Waals surface area contributed by atoms with Gasteiger partial charge in [-0.15, -0.1) is 23.7 Å². The second-order valence-corrected chi connectivity index (χ2v) is 7.14. The first-order valence-electron chi connectivity index (χ1n) is 8.04. The summed E-state index contributed by atoms with van der Waals surface area (Å²) in [6.07, 6.45) is 2.82. The van der Waals surface area contributed by atoms with Crippen LogP contribution in [-0.4, -0.2) is 43.5 Å². The van der Waals surface area contributed by atoms with E-state index in [9.17, 15) is 14.4 Å². The summed E-state index contributed by atoms with van der Waals surface area (Å²) in [5.41, 5.74) is 6.22. The molecular formula is C16H22ClN3O4S. The second-order valence-electron chi connectivity index (χ2n) is 6.24. The minimum absolute atomic E-state index is 0. The molecule has 1 saturated carbocycles. The number of hydrogen-bond acceptors (Lipinski definition) is 6. The number of ether oxygens (including phenoxy) is 1. The van der Waals surface area contributed by atoms with Crippen LogP contribution in [0.15, 0.2) is 11.4 Å². The van der Waals surface area contributed by atoms with E-state index in [-0.39, 0.29) is 36.2 Å². The third-order valence-corrected chi connectivity index (χ3v) is 5.60. The molecule has 0 bridgehead atoms. The zero-order chi connectivity index (χ0) is 17.3. The molecule has 3 rings (SSSR count). The summed E-state index contributed by atoms with van der Waals surface area (Å²) in [4.78, 5) is 38.3. The zero-order valence-electron chi connectivity index (χ0n) is 13.9. The predicted molar refractivity (Wildman–Crippen MR) is 97.1 cm³/mol. The van der Waals surface area contributed by atoms with Crippen LogP contribution in [0.25, 0.3) is 0 Å². The van der Waals surface area contributed by atoms with Gasteiger partial charge in [0.25, 0.3) is 0 Å². The molecule has 0 radical (unpaired) electrons. The first-order chi connectivity index (χ1) is 11.5. The van der Waals surface area contributed by atoms with Crippen molar-refractivity contribution in [3.05, 3.63) is 17.0 Å². The van der Waals surface area contributed by atoms with Gasteiger partial charge in [-0.3, -0.25) is 9.59 Å². The summed E-state index contributed by atoms with van der Waals surface area (Å²) >= 11 is 1.32. The van der Waals surface area contributed by atoms with Crippen molar-refractivity contribution in [2.45, 2.75) is 37.8 Å². The van der Waals surface area contributed by atoms with Crippen molar-refractivity contribution in [2.75, 3.05) is 18.6 Å². The minimum Gasteiger partial charge on any atom is -0.465 e. The molecule has 9 heteroatoms.